The number of carbonyl (C=O) groups excluding carboxylic acids is 2. The summed E-state index contributed by atoms with van der Waals surface area (Å²) in [7, 11) is 0. The first-order valence-corrected chi connectivity index (χ1v) is 8.76. The Morgan fingerprint density at radius 2 is 1.58 bits per heavy atom. The SMILES string of the molecule is CC#Cc1cc(C)c(C2C(=O)CC3(CCNCC3)CC2=O)c(C)c1. The molecule has 1 spiro atoms. The molecule has 2 aliphatic rings. The van der Waals surface area contributed by atoms with Crippen LogP contribution >= 0.6 is 0 Å². The number of hydrogen-bond acceptors (Lipinski definition) is 3. The lowest BCUT2D eigenvalue weighted by Gasteiger charge is -2.41. The number of aryl methyl sites for hydroxylation is 2. The minimum atomic E-state index is -0.575. The van der Waals surface area contributed by atoms with Gasteiger partial charge in [-0.1, -0.05) is 5.92 Å². The van der Waals surface area contributed by atoms with E-state index in [2.05, 4.69) is 17.2 Å². The number of benzene rings is 1. The van der Waals surface area contributed by atoms with Crippen LogP contribution < -0.4 is 5.32 Å². The lowest BCUT2D eigenvalue weighted by Crippen LogP contribution is -2.45. The average Bonchev–Trinajstić information content (AvgIpc) is 2.50. The first-order chi connectivity index (χ1) is 11.5. The number of rotatable bonds is 1. The number of nitrogens with one attached hydrogen (secondary N) is 1. The minimum absolute atomic E-state index is 0.0919. The maximum Gasteiger partial charge on any atom is 0.148 e. The van der Waals surface area contributed by atoms with Crippen LogP contribution in [-0.2, 0) is 9.59 Å². The molecule has 126 valence electrons. The van der Waals surface area contributed by atoms with E-state index in [4.69, 9.17) is 0 Å². The Hall–Kier alpha value is -1.92. The zero-order chi connectivity index (χ0) is 17.3. The van der Waals surface area contributed by atoms with Gasteiger partial charge in [-0.2, -0.15) is 0 Å². The Kier molecular flexibility index (Phi) is 4.60. The van der Waals surface area contributed by atoms with Gasteiger partial charge < -0.3 is 5.32 Å². The van der Waals surface area contributed by atoms with Gasteiger partial charge in [-0.15, -0.1) is 5.92 Å². The molecule has 1 heterocycles. The van der Waals surface area contributed by atoms with Crippen LogP contribution in [0, 0.1) is 31.1 Å². The third-order valence-electron chi connectivity index (χ3n) is 5.56. The molecule has 0 aromatic heterocycles. The molecule has 1 saturated heterocycles. The third kappa shape index (κ3) is 3.03. The van der Waals surface area contributed by atoms with Crippen LogP contribution in [0.25, 0.3) is 0 Å². The van der Waals surface area contributed by atoms with Gasteiger partial charge >= 0.3 is 0 Å². The van der Waals surface area contributed by atoms with Gasteiger partial charge in [-0.25, -0.2) is 0 Å². The fraction of sp³-hybridized carbons (Fsp3) is 0.524. The van der Waals surface area contributed by atoms with Crippen molar-refractivity contribution in [3.05, 3.63) is 34.4 Å². The summed E-state index contributed by atoms with van der Waals surface area (Å²) in [5.74, 6) is 5.60. The van der Waals surface area contributed by atoms with Gasteiger partial charge in [-0.3, -0.25) is 9.59 Å². The summed E-state index contributed by atoms with van der Waals surface area (Å²) < 4.78 is 0. The highest BCUT2D eigenvalue weighted by molar-refractivity contribution is 6.10. The van der Waals surface area contributed by atoms with E-state index >= 15 is 0 Å². The van der Waals surface area contributed by atoms with Crippen LogP contribution in [-0.4, -0.2) is 24.7 Å². The smallest absolute Gasteiger partial charge is 0.148 e. The van der Waals surface area contributed by atoms with Crippen LogP contribution in [0.5, 0.6) is 0 Å². The van der Waals surface area contributed by atoms with Crippen LogP contribution in [0.4, 0.5) is 0 Å². The predicted molar refractivity (Wildman–Crippen MR) is 95.0 cm³/mol. The summed E-state index contributed by atoms with van der Waals surface area (Å²) in [5.41, 5.74) is 3.77. The second-order valence-electron chi connectivity index (χ2n) is 7.37. The molecular weight excluding hydrogens is 298 g/mol. The molecule has 24 heavy (non-hydrogen) atoms. The van der Waals surface area contributed by atoms with Crippen molar-refractivity contribution in [2.24, 2.45) is 5.41 Å². The Morgan fingerprint density at radius 3 is 2.08 bits per heavy atom. The second kappa shape index (κ2) is 6.53. The highest BCUT2D eigenvalue weighted by Crippen LogP contribution is 2.45. The molecule has 0 amide bonds. The molecule has 0 unspecified atom stereocenters. The molecule has 0 bridgehead atoms. The molecule has 2 fully saturated rings. The van der Waals surface area contributed by atoms with E-state index in [1.165, 1.54) is 0 Å². The van der Waals surface area contributed by atoms with E-state index < -0.39 is 5.92 Å². The van der Waals surface area contributed by atoms with Crippen molar-refractivity contribution in [1.82, 2.24) is 5.32 Å². The molecule has 1 aromatic rings. The monoisotopic (exact) mass is 323 g/mol. The standard InChI is InChI=1S/C21H25NO2/c1-4-5-16-10-14(2)19(15(3)11-16)20-17(23)12-21(13-18(20)24)6-8-22-9-7-21/h10-11,20,22H,6-9,12-13H2,1-3H3. The average molecular weight is 323 g/mol. The third-order valence-corrected chi connectivity index (χ3v) is 5.56. The van der Waals surface area contributed by atoms with Gasteiger partial charge in [0.1, 0.15) is 17.5 Å². The predicted octanol–water partition coefficient (Wildman–Crippen LogP) is 3.06. The van der Waals surface area contributed by atoms with E-state index in [0.29, 0.717) is 12.8 Å². The summed E-state index contributed by atoms with van der Waals surface area (Å²) in [6.07, 6.45) is 2.95. The number of piperidine rings is 1. The first kappa shape index (κ1) is 16.9. The maximum absolute atomic E-state index is 12.9. The number of carbonyl (C=O) groups is 2. The summed E-state index contributed by atoms with van der Waals surface area (Å²) in [4.78, 5) is 25.8. The molecule has 3 rings (SSSR count). The summed E-state index contributed by atoms with van der Waals surface area (Å²) in [6, 6.07) is 3.99. The van der Waals surface area contributed by atoms with Gasteiger partial charge in [0, 0.05) is 18.4 Å². The Balaban J connectivity index is 1.94. The van der Waals surface area contributed by atoms with Gasteiger partial charge in [0.2, 0.25) is 0 Å². The Morgan fingerprint density at radius 1 is 1.04 bits per heavy atom. The first-order valence-electron chi connectivity index (χ1n) is 8.76. The van der Waals surface area contributed by atoms with Crippen LogP contribution in [0.3, 0.4) is 0 Å². The molecule has 1 aromatic carbocycles. The van der Waals surface area contributed by atoms with Crippen molar-refractivity contribution in [2.45, 2.75) is 52.4 Å². The van der Waals surface area contributed by atoms with E-state index in [0.717, 1.165) is 48.2 Å². The van der Waals surface area contributed by atoms with Gasteiger partial charge in [-0.05, 0) is 80.9 Å². The van der Waals surface area contributed by atoms with Gasteiger partial charge in [0.15, 0.2) is 0 Å². The van der Waals surface area contributed by atoms with E-state index in [1.807, 2.05) is 32.9 Å². The highest BCUT2D eigenvalue weighted by atomic mass is 16.2. The van der Waals surface area contributed by atoms with Crippen molar-refractivity contribution in [3.63, 3.8) is 0 Å². The van der Waals surface area contributed by atoms with Crippen molar-refractivity contribution < 1.29 is 9.59 Å². The number of Topliss-reactive ketones (excluding diaryl/α,β-unsaturated/α-hetero) is 2. The molecule has 0 radical (unpaired) electrons. The minimum Gasteiger partial charge on any atom is -0.317 e. The fourth-order valence-corrected chi connectivity index (χ4v) is 4.46. The molecular formula is C21H25NO2. The fourth-order valence-electron chi connectivity index (χ4n) is 4.46. The van der Waals surface area contributed by atoms with Crippen LogP contribution in [0.1, 0.15) is 60.8 Å². The maximum atomic E-state index is 12.9. The van der Waals surface area contributed by atoms with E-state index in [1.54, 1.807) is 0 Å². The van der Waals surface area contributed by atoms with Crippen LogP contribution in [0.2, 0.25) is 0 Å². The van der Waals surface area contributed by atoms with Crippen LogP contribution in [0.15, 0.2) is 12.1 Å². The lowest BCUT2D eigenvalue weighted by molar-refractivity contribution is -0.137. The topological polar surface area (TPSA) is 46.2 Å². The summed E-state index contributed by atoms with van der Waals surface area (Å²) >= 11 is 0. The molecule has 1 aliphatic carbocycles. The molecule has 1 aliphatic heterocycles. The number of hydrogen-bond donors (Lipinski definition) is 1. The molecule has 3 nitrogen and oxygen atoms in total. The van der Waals surface area contributed by atoms with Crippen molar-refractivity contribution in [3.8, 4) is 11.8 Å². The van der Waals surface area contributed by atoms with Gasteiger partial charge in [0.05, 0.1) is 0 Å². The Bertz CT molecular complexity index is 702. The number of ketones is 2. The summed E-state index contributed by atoms with van der Waals surface area (Å²) in [5, 5.41) is 3.33. The van der Waals surface area contributed by atoms with Crippen molar-refractivity contribution >= 4 is 11.6 Å². The van der Waals surface area contributed by atoms with Crippen molar-refractivity contribution in [2.75, 3.05) is 13.1 Å². The molecule has 0 atom stereocenters. The quantitative estimate of drug-likeness (QED) is 0.638. The Labute approximate surface area is 144 Å². The van der Waals surface area contributed by atoms with E-state index in [-0.39, 0.29) is 17.0 Å². The molecule has 1 saturated carbocycles. The normalized spacial score (nSPS) is 20.8. The van der Waals surface area contributed by atoms with Crippen molar-refractivity contribution in [1.29, 1.82) is 0 Å². The molecule has 1 N–H and O–H groups in total. The zero-order valence-electron chi connectivity index (χ0n) is 14.8. The zero-order valence-corrected chi connectivity index (χ0v) is 14.8. The lowest BCUT2D eigenvalue weighted by atomic mass is 9.63. The van der Waals surface area contributed by atoms with E-state index in [9.17, 15) is 9.59 Å². The molecule has 3 heteroatoms. The summed E-state index contributed by atoms with van der Waals surface area (Å²) in [6.45, 7) is 7.60. The second-order valence-corrected chi connectivity index (χ2v) is 7.37. The van der Waals surface area contributed by atoms with Gasteiger partial charge in [0.25, 0.3) is 0 Å². The highest BCUT2D eigenvalue weighted by Gasteiger charge is 2.46. The largest absolute Gasteiger partial charge is 0.317 e.